The van der Waals surface area contributed by atoms with Crippen LogP contribution in [0.25, 0.3) is 22.4 Å². The predicted molar refractivity (Wildman–Crippen MR) is 112 cm³/mol. The van der Waals surface area contributed by atoms with Gasteiger partial charge in [-0.3, -0.25) is 0 Å². The molecule has 0 saturated heterocycles. The molecule has 1 fully saturated rings. The molecule has 0 radical (unpaired) electrons. The molecule has 3 aromatic heterocycles. The van der Waals surface area contributed by atoms with Gasteiger partial charge in [-0.2, -0.15) is 0 Å². The van der Waals surface area contributed by atoms with Crippen molar-refractivity contribution < 1.29 is 4.74 Å². The molecule has 7 nitrogen and oxygen atoms in total. The molecule has 4 rings (SSSR count). The number of rotatable bonds is 5. The molecule has 0 bridgehead atoms. The Bertz CT molecular complexity index is 962. The zero-order valence-electron chi connectivity index (χ0n) is 16.6. The number of pyridine rings is 2. The minimum absolute atomic E-state index is 0.370. The van der Waals surface area contributed by atoms with Crippen molar-refractivity contribution in [2.24, 2.45) is 5.92 Å². The number of hydrogen-bond donors (Lipinski definition) is 2. The third-order valence-corrected chi connectivity index (χ3v) is 5.81. The number of nitrogens with two attached hydrogens (primary N) is 2. The summed E-state index contributed by atoms with van der Waals surface area (Å²) >= 11 is 0. The Hall–Kier alpha value is -2.67. The molecule has 3 heterocycles. The molecule has 1 aliphatic rings. The summed E-state index contributed by atoms with van der Waals surface area (Å²) in [7, 11) is 1.83. The molecule has 4 N–H and O–H groups in total. The van der Waals surface area contributed by atoms with Crippen LogP contribution >= 0.6 is 0 Å². The van der Waals surface area contributed by atoms with Crippen LogP contribution in [0.3, 0.4) is 0 Å². The van der Waals surface area contributed by atoms with Crippen LogP contribution in [0.15, 0.2) is 24.3 Å². The van der Waals surface area contributed by atoms with Gasteiger partial charge in [-0.05, 0) is 56.4 Å². The van der Waals surface area contributed by atoms with Crippen molar-refractivity contribution in [1.29, 1.82) is 0 Å². The highest BCUT2D eigenvalue weighted by molar-refractivity contribution is 5.77. The molecule has 28 heavy (non-hydrogen) atoms. The third-order valence-electron chi connectivity index (χ3n) is 5.81. The molecule has 0 amide bonds. The van der Waals surface area contributed by atoms with Gasteiger partial charge in [0.2, 0.25) is 0 Å². The highest BCUT2D eigenvalue weighted by atomic mass is 16.5. The maximum absolute atomic E-state index is 5.85. The number of nitrogens with zero attached hydrogens (tertiary/aromatic N) is 4. The first-order valence-electron chi connectivity index (χ1n) is 9.95. The van der Waals surface area contributed by atoms with E-state index in [0.717, 1.165) is 47.6 Å². The summed E-state index contributed by atoms with van der Waals surface area (Å²) < 4.78 is 7.94. The van der Waals surface area contributed by atoms with Gasteiger partial charge in [0.1, 0.15) is 23.0 Å². The number of imidazole rings is 1. The van der Waals surface area contributed by atoms with Gasteiger partial charge in [-0.15, -0.1) is 0 Å². The molecule has 0 aromatic carbocycles. The lowest BCUT2D eigenvalue weighted by Crippen LogP contribution is -2.27. The molecule has 3 aromatic rings. The SMILES string of the molecule is COC1CCCCC1CCn1c(C)nc2ccc(-c3cc(N)nc(N)c3)nc21. The van der Waals surface area contributed by atoms with E-state index in [4.69, 9.17) is 26.2 Å². The fraction of sp³-hybridized carbons (Fsp3) is 0.476. The van der Waals surface area contributed by atoms with Crippen molar-refractivity contribution in [1.82, 2.24) is 19.5 Å². The third kappa shape index (κ3) is 3.67. The zero-order valence-corrected chi connectivity index (χ0v) is 16.6. The quantitative estimate of drug-likeness (QED) is 0.701. The monoisotopic (exact) mass is 380 g/mol. The first-order chi connectivity index (χ1) is 13.5. The maximum atomic E-state index is 5.85. The first kappa shape index (κ1) is 18.7. The highest BCUT2D eigenvalue weighted by Gasteiger charge is 2.25. The van der Waals surface area contributed by atoms with Crippen LogP contribution in [0.4, 0.5) is 11.6 Å². The van der Waals surface area contributed by atoms with E-state index in [9.17, 15) is 0 Å². The number of aryl methyl sites for hydroxylation is 2. The molecular formula is C21H28N6O. The number of anilines is 2. The maximum Gasteiger partial charge on any atom is 0.160 e. The highest BCUT2D eigenvalue weighted by Crippen LogP contribution is 2.30. The van der Waals surface area contributed by atoms with Gasteiger partial charge in [0.25, 0.3) is 0 Å². The molecule has 0 aliphatic heterocycles. The number of aromatic nitrogens is 4. The normalized spacial score (nSPS) is 19.9. The minimum Gasteiger partial charge on any atom is -0.384 e. The van der Waals surface area contributed by atoms with E-state index < -0.39 is 0 Å². The summed E-state index contributed by atoms with van der Waals surface area (Å²) in [6, 6.07) is 7.55. The number of methoxy groups -OCH3 is 1. The minimum atomic E-state index is 0.370. The first-order valence-corrected chi connectivity index (χ1v) is 9.95. The van der Waals surface area contributed by atoms with Crippen LogP contribution in [0.5, 0.6) is 0 Å². The van der Waals surface area contributed by atoms with Gasteiger partial charge in [-0.25, -0.2) is 15.0 Å². The Labute approximate surface area is 165 Å². The van der Waals surface area contributed by atoms with E-state index >= 15 is 0 Å². The zero-order chi connectivity index (χ0) is 19.7. The second-order valence-electron chi connectivity index (χ2n) is 7.66. The molecule has 7 heteroatoms. The number of hydrogen-bond acceptors (Lipinski definition) is 6. The largest absolute Gasteiger partial charge is 0.384 e. The van der Waals surface area contributed by atoms with Crippen molar-refractivity contribution in [2.75, 3.05) is 18.6 Å². The van der Waals surface area contributed by atoms with Crippen LogP contribution in [0, 0.1) is 12.8 Å². The van der Waals surface area contributed by atoms with Crippen LogP contribution in [-0.4, -0.2) is 32.7 Å². The predicted octanol–water partition coefficient (Wildman–Crippen LogP) is 3.56. The summed E-state index contributed by atoms with van der Waals surface area (Å²) in [5.74, 6) is 2.37. The average Bonchev–Trinajstić information content (AvgIpc) is 3.00. The molecule has 1 aliphatic carbocycles. The van der Waals surface area contributed by atoms with E-state index in [-0.39, 0.29) is 0 Å². The van der Waals surface area contributed by atoms with Gasteiger partial charge in [-0.1, -0.05) is 12.8 Å². The Morgan fingerprint density at radius 2 is 1.82 bits per heavy atom. The molecule has 2 atom stereocenters. The molecule has 1 saturated carbocycles. The Morgan fingerprint density at radius 1 is 1.07 bits per heavy atom. The van der Waals surface area contributed by atoms with E-state index in [1.807, 2.05) is 26.2 Å². The van der Waals surface area contributed by atoms with Crippen molar-refractivity contribution >= 4 is 22.8 Å². The fourth-order valence-corrected chi connectivity index (χ4v) is 4.37. The van der Waals surface area contributed by atoms with E-state index in [1.165, 1.54) is 19.3 Å². The van der Waals surface area contributed by atoms with Crippen LogP contribution in [0.2, 0.25) is 0 Å². The summed E-state index contributed by atoms with van der Waals surface area (Å²) in [6.45, 7) is 2.93. The summed E-state index contributed by atoms with van der Waals surface area (Å²) in [6.07, 6.45) is 6.41. The summed E-state index contributed by atoms with van der Waals surface area (Å²) in [4.78, 5) is 13.6. The number of fused-ring (bicyclic) bond motifs is 1. The van der Waals surface area contributed by atoms with Gasteiger partial charge >= 0.3 is 0 Å². The van der Waals surface area contributed by atoms with Crippen LogP contribution in [-0.2, 0) is 11.3 Å². The Balaban J connectivity index is 1.63. The standard InChI is InChI=1S/C21H28N6O/c1-13-24-17-8-7-16(15-11-19(22)26-20(23)12-15)25-21(17)27(13)10-9-14-5-3-4-6-18(14)28-2/h7-8,11-12,14,18H,3-6,9-10H2,1-2H3,(H4,22,23,26). The summed E-state index contributed by atoms with van der Waals surface area (Å²) in [5.41, 5.74) is 15.2. The second-order valence-corrected chi connectivity index (χ2v) is 7.66. The second kappa shape index (κ2) is 7.75. The molecule has 0 spiro atoms. The smallest absolute Gasteiger partial charge is 0.160 e. The van der Waals surface area contributed by atoms with Gasteiger partial charge in [0.15, 0.2) is 5.65 Å². The molecule has 148 valence electrons. The van der Waals surface area contributed by atoms with Gasteiger partial charge in [0.05, 0.1) is 11.8 Å². The Morgan fingerprint density at radius 3 is 2.57 bits per heavy atom. The topological polar surface area (TPSA) is 105 Å². The number of nitrogen functional groups attached to an aromatic ring is 2. The van der Waals surface area contributed by atoms with Crippen molar-refractivity contribution in [2.45, 2.75) is 51.7 Å². The van der Waals surface area contributed by atoms with Gasteiger partial charge < -0.3 is 20.8 Å². The lowest BCUT2D eigenvalue weighted by atomic mass is 9.84. The van der Waals surface area contributed by atoms with Gasteiger partial charge in [0, 0.05) is 19.2 Å². The summed E-state index contributed by atoms with van der Waals surface area (Å²) in [5, 5.41) is 0. The van der Waals surface area contributed by atoms with E-state index in [0.29, 0.717) is 23.7 Å². The van der Waals surface area contributed by atoms with Crippen LogP contribution < -0.4 is 11.5 Å². The molecular weight excluding hydrogens is 352 g/mol. The van der Waals surface area contributed by atoms with Crippen molar-refractivity contribution in [3.63, 3.8) is 0 Å². The van der Waals surface area contributed by atoms with Crippen molar-refractivity contribution in [3.8, 4) is 11.3 Å². The average molecular weight is 380 g/mol. The number of ether oxygens (including phenoxy) is 1. The van der Waals surface area contributed by atoms with Crippen LogP contribution in [0.1, 0.15) is 37.9 Å². The van der Waals surface area contributed by atoms with E-state index in [2.05, 4.69) is 9.55 Å². The lowest BCUT2D eigenvalue weighted by Gasteiger charge is -2.30. The fourth-order valence-electron chi connectivity index (χ4n) is 4.37. The Kier molecular flexibility index (Phi) is 5.17. The van der Waals surface area contributed by atoms with Crippen molar-refractivity contribution in [3.05, 3.63) is 30.1 Å². The van der Waals surface area contributed by atoms with E-state index in [1.54, 1.807) is 12.1 Å². The molecule has 2 unspecified atom stereocenters. The lowest BCUT2D eigenvalue weighted by molar-refractivity contribution is 0.0188.